The Balaban J connectivity index is 1.52. The Hall–Kier alpha value is -1.69. The number of aryl methyl sites for hydroxylation is 2. The molecule has 2 aromatic heterocycles. The summed E-state index contributed by atoms with van der Waals surface area (Å²) in [6, 6.07) is 1.62. The molecule has 0 unspecified atom stereocenters. The predicted octanol–water partition coefficient (Wildman–Crippen LogP) is 2.53. The number of hydrogen-bond donors (Lipinski definition) is 1. The maximum absolute atomic E-state index is 12.3. The normalized spacial score (nSPS) is 15.3. The van der Waals surface area contributed by atoms with E-state index < -0.39 is 0 Å². The van der Waals surface area contributed by atoms with E-state index in [9.17, 15) is 4.79 Å². The van der Waals surface area contributed by atoms with Crippen LogP contribution in [0, 0.1) is 0 Å². The minimum atomic E-state index is -0.223. The molecule has 0 fully saturated rings. The van der Waals surface area contributed by atoms with E-state index in [-0.39, 0.29) is 11.9 Å². The number of carbonyl (C=O) groups excluding carboxylic acids is 1. The first-order chi connectivity index (χ1) is 10.8. The SMILES string of the molecule is CC[C@@H](C(=O)NCCc1nc2c(s1)CCCC2)n1cccn1. The number of aromatic nitrogens is 3. The Kier molecular flexibility index (Phi) is 4.87. The van der Waals surface area contributed by atoms with Crippen molar-refractivity contribution in [2.75, 3.05) is 6.54 Å². The molecule has 1 aliphatic carbocycles. The molecule has 0 radical (unpaired) electrons. The van der Waals surface area contributed by atoms with Gasteiger partial charge in [-0.05, 0) is 38.2 Å². The quantitative estimate of drug-likeness (QED) is 0.890. The van der Waals surface area contributed by atoms with Crippen molar-refractivity contribution in [1.82, 2.24) is 20.1 Å². The van der Waals surface area contributed by atoms with E-state index in [0.717, 1.165) is 24.3 Å². The molecular formula is C16H22N4OS. The first-order valence-electron chi connectivity index (χ1n) is 8.02. The number of nitrogens with zero attached hydrogens (tertiary/aromatic N) is 3. The zero-order chi connectivity index (χ0) is 15.4. The van der Waals surface area contributed by atoms with Crippen molar-refractivity contribution < 1.29 is 4.79 Å². The van der Waals surface area contributed by atoms with E-state index in [1.54, 1.807) is 10.9 Å². The van der Waals surface area contributed by atoms with E-state index in [0.29, 0.717) is 6.54 Å². The predicted molar refractivity (Wildman–Crippen MR) is 87.0 cm³/mol. The van der Waals surface area contributed by atoms with Gasteiger partial charge in [0.2, 0.25) is 5.91 Å². The number of nitrogens with one attached hydrogen (secondary N) is 1. The van der Waals surface area contributed by atoms with Crippen LogP contribution in [0.3, 0.4) is 0 Å². The standard InChI is InChI=1S/C16H22N4OS/c1-2-13(20-11-5-9-18-20)16(21)17-10-8-15-19-12-6-3-4-7-14(12)22-15/h5,9,11,13H,2-4,6-8,10H2,1H3,(H,17,21)/t13-/m0/s1. The van der Waals surface area contributed by atoms with Crippen LogP contribution in [-0.2, 0) is 24.1 Å². The van der Waals surface area contributed by atoms with Crippen molar-refractivity contribution in [3.63, 3.8) is 0 Å². The Bertz CT molecular complexity index is 597. The second-order valence-corrected chi connectivity index (χ2v) is 6.80. The van der Waals surface area contributed by atoms with Crippen LogP contribution in [0.2, 0.25) is 0 Å². The monoisotopic (exact) mass is 318 g/mol. The Morgan fingerprint density at radius 1 is 1.45 bits per heavy atom. The van der Waals surface area contributed by atoms with E-state index >= 15 is 0 Å². The summed E-state index contributed by atoms with van der Waals surface area (Å²) in [5, 5.41) is 8.33. The molecular weight excluding hydrogens is 296 g/mol. The van der Waals surface area contributed by atoms with Gasteiger partial charge in [0.1, 0.15) is 6.04 Å². The third-order valence-electron chi connectivity index (χ3n) is 4.06. The number of hydrogen-bond acceptors (Lipinski definition) is 4. The topological polar surface area (TPSA) is 59.8 Å². The summed E-state index contributed by atoms with van der Waals surface area (Å²) in [7, 11) is 0. The summed E-state index contributed by atoms with van der Waals surface area (Å²) in [6.45, 7) is 2.64. The second-order valence-electron chi connectivity index (χ2n) is 5.64. The van der Waals surface area contributed by atoms with Crippen molar-refractivity contribution in [3.8, 4) is 0 Å². The van der Waals surface area contributed by atoms with Crippen molar-refractivity contribution in [2.24, 2.45) is 0 Å². The van der Waals surface area contributed by atoms with Crippen LogP contribution < -0.4 is 5.32 Å². The van der Waals surface area contributed by atoms with E-state index in [4.69, 9.17) is 4.98 Å². The second kappa shape index (κ2) is 7.05. The summed E-state index contributed by atoms with van der Waals surface area (Å²) in [5.74, 6) is 0.0347. The van der Waals surface area contributed by atoms with Gasteiger partial charge in [0.25, 0.3) is 0 Å². The molecule has 1 amide bonds. The lowest BCUT2D eigenvalue weighted by atomic mass is 10.0. The molecule has 3 rings (SSSR count). The van der Waals surface area contributed by atoms with Gasteiger partial charge in [-0.1, -0.05) is 6.92 Å². The highest BCUT2D eigenvalue weighted by atomic mass is 32.1. The fourth-order valence-electron chi connectivity index (χ4n) is 2.88. The van der Waals surface area contributed by atoms with Gasteiger partial charge in [-0.2, -0.15) is 5.10 Å². The summed E-state index contributed by atoms with van der Waals surface area (Å²) in [6.07, 6.45) is 9.94. The van der Waals surface area contributed by atoms with E-state index in [2.05, 4.69) is 10.4 Å². The van der Waals surface area contributed by atoms with E-state index in [1.807, 2.05) is 30.5 Å². The molecule has 2 heterocycles. The van der Waals surface area contributed by atoms with Crippen molar-refractivity contribution in [2.45, 2.75) is 51.5 Å². The minimum absolute atomic E-state index is 0.0347. The first-order valence-corrected chi connectivity index (χ1v) is 8.84. The fourth-order valence-corrected chi connectivity index (χ4v) is 4.04. The molecule has 5 nitrogen and oxygen atoms in total. The molecule has 0 aromatic carbocycles. The third kappa shape index (κ3) is 3.38. The average molecular weight is 318 g/mol. The number of thiazole rings is 1. The van der Waals surface area contributed by atoms with Crippen LogP contribution in [0.5, 0.6) is 0 Å². The zero-order valence-electron chi connectivity index (χ0n) is 12.9. The van der Waals surface area contributed by atoms with Gasteiger partial charge in [-0.15, -0.1) is 11.3 Å². The molecule has 22 heavy (non-hydrogen) atoms. The molecule has 0 bridgehead atoms. The van der Waals surface area contributed by atoms with Gasteiger partial charge in [-0.25, -0.2) is 4.98 Å². The lowest BCUT2D eigenvalue weighted by Gasteiger charge is -2.15. The minimum Gasteiger partial charge on any atom is -0.354 e. The lowest BCUT2D eigenvalue weighted by molar-refractivity contribution is -0.124. The molecule has 1 atom stereocenters. The van der Waals surface area contributed by atoms with Crippen LogP contribution in [0.1, 0.15) is 47.8 Å². The maximum Gasteiger partial charge on any atom is 0.244 e. The van der Waals surface area contributed by atoms with Crippen molar-refractivity contribution >= 4 is 17.2 Å². The maximum atomic E-state index is 12.3. The fraction of sp³-hybridized carbons (Fsp3) is 0.562. The van der Waals surface area contributed by atoms with Crippen LogP contribution in [0.25, 0.3) is 0 Å². The Morgan fingerprint density at radius 3 is 3.05 bits per heavy atom. The van der Waals surface area contributed by atoms with Crippen LogP contribution in [0.4, 0.5) is 0 Å². The summed E-state index contributed by atoms with van der Waals surface area (Å²) >= 11 is 1.82. The highest BCUT2D eigenvalue weighted by Crippen LogP contribution is 2.26. The van der Waals surface area contributed by atoms with Gasteiger partial charge in [0.05, 0.1) is 10.7 Å². The zero-order valence-corrected chi connectivity index (χ0v) is 13.7. The van der Waals surface area contributed by atoms with Gasteiger partial charge in [0.15, 0.2) is 0 Å². The summed E-state index contributed by atoms with van der Waals surface area (Å²) < 4.78 is 1.72. The molecule has 0 saturated carbocycles. The molecule has 118 valence electrons. The molecule has 1 aliphatic rings. The van der Waals surface area contributed by atoms with Gasteiger partial charge < -0.3 is 5.32 Å². The summed E-state index contributed by atoms with van der Waals surface area (Å²) in [5.41, 5.74) is 1.29. The molecule has 0 saturated heterocycles. The summed E-state index contributed by atoms with van der Waals surface area (Å²) in [4.78, 5) is 18.4. The molecule has 0 aliphatic heterocycles. The van der Waals surface area contributed by atoms with Gasteiger partial charge in [0, 0.05) is 30.2 Å². The van der Waals surface area contributed by atoms with Crippen molar-refractivity contribution in [1.29, 1.82) is 0 Å². The number of carbonyl (C=O) groups is 1. The number of amides is 1. The highest BCUT2D eigenvalue weighted by Gasteiger charge is 2.19. The largest absolute Gasteiger partial charge is 0.354 e. The van der Waals surface area contributed by atoms with Crippen LogP contribution >= 0.6 is 11.3 Å². The van der Waals surface area contributed by atoms with E-state index in [1.165, 1.54) is 29.8 Å². The average Bonchev–Trinajstić information content (AvgIpc) is 3.16. The van der Waals surface area contributed by atoms with Crippen LogP contribution in [0.15, 0.2) is 18.5 Å². The first kappa shape index (κ1) is 15.2. The van der Waals surface area contributed by atoms with Gasteiger partial charge >= 0.3 is 0 Å². The Morgan fingerprint density at radius 2 is 2.32 bits per heavy atom. The van der Waals surface area contributed by atoms with Gasteiger partial charge in [-0.3, -0.25) is 9.48 Å². The Labute approximate surface area is 134 Å². The molecule has 2 aromatic rings. The molecule has 6 heteroatoms. The molecule has 0 spiro atoms. The number of fused-ring (bicyclic) bond motifs is 1. The lowest BCUT2D eigenvalue weighted by Crippen LogP contribution is -2.33. The smallest absolute Gasteiger partial charge is 0.244 e. The van der Waals surface area contributed by atoms with Crippen LogP contribution in [-0.4, -0.2) is 27.2 Å². The third-order valence-corrected chi connectivity index (χ3v) is 5.28. The van der Waals surface area contributed by atoms with Crippen molar-refractivity contribution in [3.05, 3.63) is 34.0 Å². The number of rotatable bonds is 6. The highest BCUT2D eigenvalue weighted by molar-refractivity contribution is 7.11. The molecule has 1 N–H and O–H groups in total.